The number of aromatic hydroxyl groups is 1. The van der Waals surface area contributed by atoms with Gasteiger partial charge in [-0.15, -0.1) is 0 Å². The first-order valence-corrected chi connectivity index (χ1v) is 8.96. The fourth-order valence-electron chi connectivity index (χ4n) is 2.50. The van der Waals surface area contributed by atoms with E-state index in [9.17, 15) is 24.6 Å². The van der Waals surface area contributed by atoms with Crippen molar-refractivity contribution in [3.63, 3.8) is 0 Å². The van der Waals surface area contributed by atoms with Crippen LogP contribution in [0, 0.1) is 0 Å². The van der Waals surface area contributed by atoms with Crippen molar-refractivity contribution in [2.45, 2.75) is 38.8 Å². The van der Waals surface area contributed by atoms with Crippen LogP contribution in [0.25, 0.3) is 0 Å². The number of rotatable bonds is 6. The van der Waals surface area contributed by atoms with Crippen molar-refractivity contribution in [1.82, 2.24) is 5.32 Å². The molecule has 154 valence electrons. The van der Waals surface area contributed by atoms with Gasteiger partial charge in [-0.25, -0.2) is 9.59 Å². The Labute approximate surface area is 168 Å². The van der Waals surface area contributed by atoms with E-state index in [1.165, 1.54) is 18.2 Å². The number of carboxylic acids is 1. The van der Waals surface area contributed by atoms with Crippen molar-refractivity contribution in [1.29, 1.82) is 0 Å². The number of amides is 2. The summed E-state index contributed by atoms with van der Waals surface area (Å²) in [4.78, 5) is 36.0. The van der Waals surface area contributed by atoms with E-state index in [0.29, 0.717) is 0 Å². The van der Waals surface area contributed by atoms with Crippen molar-refractivity contribution in [3.8, 4) is 5.75 Å². The number of carboxylic acid groups (broad SMARTS) is 1. The Balaban J connectivity index is 2.14. The van der Waals surface area contributed by atoms with Crippen molar-refractivity contribution >= 4 is 23.7 Å². The van der Waals surface area contributed by atoms with Gasteiger partial charge in [0, 0.05) is 12.1 Å². The monoisotopic (exact) mass is 400 g/mol. The molecule has 0 radical (unpaired) electrons. The van der Waals surface area contributed by atoms with E-state index < -0.39 is 29.6 Å². The lowest BCUT2D eigenvalue weighted by Gasteiger charge is -2.20. The number of hydrogen-bond donors (Lipinski definition) is 4. The molecule has 0 aliphatic heterocycles. The van der Waals surface area contributed by atoms with Crippen molar-refractivity contribution in [2.24, 2.45) is 0 Å². The van der Waals surface area contributed by atoms with E-state index in [0.717, 1.165) is 5.56 Å². The number of carbonyl (C=O) groups is 3. The largest absolute Gasteiger partial charge is 0.507 e. The summed E-state index contributed by atoms with van der Waals surface area (Å²) in [6, 6.07) is 11.5. The molecule has 1 atom stereocenters. The molecule has 0 fully saturated rings. The van der Waals surface area contributed by atoms with E-state index in [-0.39, 0.29) is 23.4 Å². The Morgan fingerprint density at radius 1 is 1.07 bits per heavy atom. The third-order valence-electron chi connectivity index (χ3n) is 3.77. The van der Waals surface area contributed by atoms with Crippen molar-refractivity contribution < 1.29 is 29.3 Å². The minimum atomic E-state index is -1.20. The van der Waals surface area contributed by atoms with Crippen LogP contribution in [0.15, 0.2) is 48.5 Å². The Kier molecular flexibility index (Phi) is 6.82. The fourth-order valence-corrected chi connectivity index (χ4v) is 2.50. The summed E-state index contributed by atoms with van der Waals surface area (Å²) in [6.45, 7) is 5.13. The predicted octanol–water partition coefficient (Wildman–Crippen LogP) is 3.16. The van der Waals surface area contributed by atoms with Crippen LogP contribution < -0.4 is 10.6 Å². The average Bonchev–Trinajstić information content (AvgIpc) is 2.61. The van der Waals surface area contributed by atoms with Gasteiger partial charge >= 0.3 is 12.1 Å². The number of nitrogens with one attached hydrogen (secondary N) is 2. The number of benzene rings is 2. The summed E-state index contributed by atoms with van der Waals surface area (Å²) in [5.74, 6) is -2.33. The molecule has 8 heteroatoms. The molecule has 0 bridgehead atoms. The van der Waals surface area contributed by atoms with Gasteiger partial charge in [0.05, 0.1) is 5.56 Å². The Morgan fingerprint density at radius 3 is 2.31 bits per heavy atom. The van der Waals surface area contributed by atoms with E-state index >= 15 is 0 Å². The molecule has 8 nitrogen and oxygen atoms in total. The maximum atomic E-state index is 12.6. The zero-order valence-electron chi connectivity index (χ0n) is 16.4. The molecule has 0 heterocycles. The van der Waals surface area contributed by atoms with E-state index in [1.54, 1.807) is 51.1 Å². The SMILES string of the molecule is CC(C)(C)OC(=O)Nc1ccc(O)c(C(=O)N[C@@H](Cc2ccccc2)C(=O)O)c1. The van der Waals surface area contributed by atoms with Gasteiger partial charge in [-0.1, -0.05) is 30.3 Å². The predicted molar refractivity (Wildman–Crippen MR) is 107 cm³/mol. The maximum Gasteiger partial charge on any atom is 0.412 e. The number of aliphatic carboxylic acids is 1. The summed E-state index contributed by atoms with van der Waals surface area (Å²) in [5.41, 5.74) is 0.0904. The van der Waals surface area contributed by atoms with Crippen LogP contribution >= 0.6 is 0 Å². The molecule has 2 aromatic carbocycles. The normalized spacial score (nSPS) is 12.0. The highest BCUT2D eigenvalue weighted by Crippen LogP contribution is 2.22. The van der Waals surface area contributed by atoms with Gasteiger partial charge in [0.15, 0.2) is 0 Å². The van der Waals surface area contributed by atoms with Gasteiger partial charge in [-0.2, -0.15) is 0 Å². The minimum absolute atomic E-state index is 0.0819. The van der Waals surface area contributed by atoms with Gasteiger partial charge in [-0.3, -0.25) is 10.1 Å². The summed E-state index contributed by atoms with van der Waals surface area (Å²) < 4.78 is 5.14. The lowest BCUT2D eigenvalue weighted by atomic mass is 10.1. The van der Waals surface area contributed by atoms with Gasteiger partial charge in [0.1, 0.15) is 17.4 Å². The Bertz CT molecular complexity index is 890. The quantitative estimate of drug-likeness (QED) is 0.552. The molecule has 0 spiro atoms. The second-order valence-corrected chi connectivity index (χ2v) is 7.41. The third-order valence-corrected chi connectivity index (χ3v) is 3.77. The average molecular weight is 400 g/mol. The van der Waals surface area contributed by atoms with Crippen LogP contribution in [0.1, 0.15) is 36.7 Å². The maximum absolute atomic E-state index is 12.6. The second-order valence-electron chi connectivity index (χ2n) is 7.41. The summed E-state index contributed by atoms with van der Waals surface area (Å²) in [6.07, 6.45) is -0.638. The zero-order valence-corrected chi connectivity index (χ0v) is 16.4. The van der Waals surface area contributed by atoms with Crippen LogP contribution in [0.2, 0.25) is 0 Å². The van der Waals surface area contributed by atoms with Crippen LogP contribution in [0.4, 0.5) is 10.5 Å². The van der Waals surface area contributed by atoms with Gasteiger partial charge < -0.3 is 20.3 Å². The lowest BCUT2D eigenvalue weighted by molar-refractivity contribution is -0.139. The molecule has 0 unspecified atom stereocenters. The minimum Gasteiger partial charge on any atom is -0.507 e. The fraction of sp³-hybridized carbons (Fsp3) is 0.286. The van der Waals surface area contributed by atoms with E-state index in [4.69, 9.17) is 4.74 Å². The molecule has 29 heavy (non-hydrogen) atoms. The lowest BCUT2D eigenvalue weighted by Crippen LogP contribution is -2.42. The number of ether oxygens (including phenoxy) is 1. The number of hydrogen-bond acceptors (Lipinski definition) is 5. The second kappa shape index (κ2) is 9.09. The number of anilines is 1. The molecule has 0 aliphatic carbocycles. The van der Waals surface area contributed by atoms with Gasteiger partial charge in [0.25, 0.3) is 5.91 Å². The highest BCUT2D eigenvalue weighted by Gasteiger charge is 2.23. The number of carbonyl (C=O) groups excluding carboxylic acids is 2. The highest BCUT2D eigenvalue weighted by atomic mass is 16.6. The van der Waals surface area contributed by atoms with Crippen molar-refractivity contribution in [3.05, 3.63) is 59.7 Å². The zero-order chi connectivity index (χ0) is 21.6. The summed E-state index contributed by atoms with van der Waals surface area (Å²) >= 11 is 0. The van der Waals surface area contributed by atoms with Crippen LogP contribution in [-0.2, 0) is 16.0 Å². The Hall–Kier alpha value is -3.55. The first-order valence-electron chi connectivity index (χ1n) is 8.96. The molecule has 0 saturated carbocycles. The first kappa shape index (κ1) is 21.7. The molecule has 0 saturated heterocycles. The van der Waals surface area contributed by atoms with E-state index in [2.05, 4.69) is 10.6 Å². The highest BCUT2D eigenvalue weighted by molar-refractivity contribution is 6.00. The van der Waals surface area contributed by atoms with Crippen LogP contribution in [-0.4, -0.2) is 39.8 Å². The number of phenolic OH excluding ortho intramolecular Hbond substituents is 1. The summed E-state index contributed by atoms with van der Waals surface area (Å²) in [7, 11) is 0. The molecular formula is C21H24N2O6. The van der Waals surface area contributed by atoms with Gasteiger partial charge in [-0.05, 0) is 44.5 Å². The van der Waals surface area contributed by atoms with E-state index in [1.807, 2.05) is 0 Å². The number of phenols is 1. The summed E-state index contributed by atoms with van der Waals surface area (Å²) in [5, 5.41) is 24.3. The molecule has 0 aliphatic rings. The Morgan fingerprint density at radius 2 is 1.72 bits per heavy atom. The topological polar surface area (TPSA) is 125 Å². The molecule has 2 amide bonds. The smallest absolute Gasteiger partial charge is 0.412 e. The van der Waals surface area contributed by atoms with Crippen LogP contribution in [0.3, 0.4) is 0 Å². The van der Waals surface area contributed by atoms with Crippen molar-refractivity contribution in [2.75, 3.05) is 5.32 Å². The molecular weight excluding hydrogens is 376 g/mol. The van der Waals surface area contributed by atoms with Gasteiger partial charge in [0.2, 0.25) is 0 Å². The standard InChI is InChI=1S/C21H24N2O6/c1-21(2,3)29-20(28)22-14-9-10-17(24)15(12-14)18(25)23-16(19(26)27)11-13-7-5-4-6-8-13/h4-10,12,16,24H,11H2,1-3H3,(H,22,28)(H,23,25)(H,26,27)/t16-/m0/s1. The molecule has 4 N–H and O–H groups in total. The van der Waals surface area contributed by atoms with Crippen LogP contribution in [0.5, 0.6) is 5.75 Å². The molecule has 0 aromatic heterocycles. The molecule has 2 aromatic rings. The molecule has 2 rings (SSSR count). The first-order chi connectivity index (χ1) is 13.5. The third kappa shape index (κ3) is 6.84.